The molecule has 3 aromatic carbocycles. The lowest BCUT2D eigenvalue weighted by atomic mass is 9.90. The van der Waals surface area contributed by atoms with Gasteiger partial charge in [0.15, 0.2) is 0 Å². The van der Waals surface area contributed by atoms with Crippen molar-refractivity contribution < 1.29 is 65.6 Å². The van der Waals surface area contributed by atoms with E-state index in [9.17, 15) is 41.9 Å². The number of carbonyl (C=O) groups is 6. The summed E-state index contributed by atoms with van der Waals surface area (Å²) in [5, 5.41) is 11.3. The minimum Gasteiger partial charge on any atom is -0.491 e. The van der Waals surface area contributed by atoms with Crippen LogP contribution in [0.1, 0.15) is 57.2 Å². The van der Waals surface area contributed by atoms with Gasteiger partial charge in [0.2, 0.25) is 11.8 Å². The topological polar surface area (TPSA) is 194 Å². The second-order valence-corrected chi connectivity index (χ2v) is 13.6. The number of alkyl halides is 3. The fraction of sp³-hybridized carbons (Fsp3) is 0.375. The molecule has 0 aliphatic carbocycles. The van der Waals surface area contributed by atoms with Crippen molar-refractivity contribution in [1.29, 1.82) is 5.26 Å². The second-order valence-electron chi connectivity index (χ2n) is 13.6. The van der Waals surface area contributed by atoms with Crippen molar-refractivity contribution in [2.24, 2.45) is 0 Å². The number of urea groups is 1. The molecule has 0 bridgehead atoms. The molecule has 3 aromatic rings. The normalized spacial score (nSPS) is 19.3. The van der Waals surface area contributed by atoms with Crippen molar-refractivity contribution >= 4 is 41.3 Å². The highest BCUT2D eigenvalue weighted by Gasteiger charge is 2.54. The Labute approximate surface area is 335 Å². The number of ether oxygens (including phenoxy) is 5. The van der Waals surface area contributed by atoms with Crippen LogP contribution in [0.4, 0.5) is 23.7 Å². The first kappa shape index (κ1) is 42.3. The lowest BCUT2D eigenvalue weighted by molar-refractivity contribution is -0.138. The summed E-state index contributed by atoms with van der Waals surface area (Å²) in [7, 11) is 1.37. The van der Waals surface area contributed by atoms with Crippen molar-refractivity contribution in [3.05, 3.63) is 88.5 Å². The molecule has 3 aliphatic rings. The van der Waals surface area contributed by atoms with E-state index in [-0.39, 0.29) is 88.3 Å². The maximum Gasteiger partial charge on any atom is 0.417 e. The highest BCUT2D eigenvalue weighted by atomic mass is 19.4. The van der Waals surface area contributed by atoms with Crippen LogP contribution in [0.25, 0.3) is 0 Å². The van der Waals surface area contributed by atoms with Gasteiger partial charge < -0.3 is 28.6 Å². The third-order valence-electron chi connectivity index (χ3n) is 10.0. The molecule has 16 nitrogen and oxygen atoms in total. The summed E-state index contributed by atoms with van der Waals surface area (Å²) in [6.07, 6.45) is -4.81. The van der Waals surface area contributed by atoms with Gasteiger partial charge in [-0.15, -0.1) is 0 Å². The molecule has 2 saturated heterocycles. The molecule has 3 heterocycles. The summed E-state index contributed by atoms with van der Waals surface area (Å²) < 4.78 is 68.8. The molecule has 0 aromatic heterocycles. The number of hydrogen-bond acceptors (Lipinski definition) is 12. The van der Waals surface area contributed by atoms with Gasteiger partial charge in [0, 0.05) is 13.5 Å². The molecule has 59 heavy (non-hydrogen) atoms. The molecule has 1 N–H and O–H groups in total. The van der Waals surface area contributed by atoms with Gasteiger partial charge in [-0.25, -0.2) is 9.69 Å². The molecular weight excluding hydrogens is 783 g/mol. The minimum atomic E-state index is -4.87. The van der Waals surface area contributed by atoms with Crippen LogP contribution in [0.15, 0.2) is 60.7 Å². The minimum absolute atomic E-state index is 0.0174. The van der Waals surface area contributed by atoms with E-state index in [0.717, 1.165) is 21.9 Å². The number of nitriles is 1. The van der Waals surface area contributed by atoms with Gasteiger partial charge in [0.1, 0.15) is 36.3 Å². The number of fused-ring (bicyclic) bond motifs is 1. The lowest BCUT2D eigenvalue weighted by Gasteiger charge is -2.29. The van der Waals surface area contributed by atoms with Gasteiger partial charge in [-0.3, -0.25) is 34.2 Å². The van der Waals surface area contributed by atoms with E-state index in [4.69, 9.17) is 28.9 Å². The summed E-state index contributed by atoms with van der Waals surface area (Å²) >= 11 is 0. The second kappa shape index (κ2) is 17.6. The van der Waals surface area contributed by atoms with Gasteiger partial charge >= 0.3 is 12.2 Å². The van der Waals surface area contributed by atoms with Crippen LogP contribution in [0.3, 0.4) is 0 Å². The number of amides is 7. The smallest absolute Gasteiger partial charge is 0.417 e. The third-order valence-corrected chi connectivity index (χ3v) is 10.0. The first-order valence-corrected chi connectivity index (χ1v) is 18.4. The van der Waals surface area contributed by atoms with Gasteiger partial charge in [-0.05, 0) is 61.4 Å². The Morgan fingerprint density at radius 3 is 2.07 bits per heavy atom. The average Bonchev–Trinajstić information content (AvgIpc) is 3.56. The van der Waals surface area contributed by atoms with Gasteiger partial charge in [-0.1, -0.05) is 18.2 Å². The quantitative estimate of drug-likeness (QED) is 0.118. The summed E-state index contributed by atoms with van der Waals surface area (Å²) in [5.41, 5.74) is -3.16. The zero-order chi connectivity index (χ0) is 42.5. The fourth-order valence-corrected chi connectivity index (χ4v) is 6.79. The maximum atomic E-state index is 13.6. The molecule has 2 fully saturated rings. The van der Waals surface area contributed by atoms with Crippen LogP contribution < -0.4 is 19.7 Å². The summed E-state index contributed by atoms with van der Waals surface area (Å²) in [4.78, 5) is 79.4. The van der Waals surface area contributed by atoms with Crippen molar-refractivity contribution in [1.82, 2.24) is 15.1 Å². The number of hydrogen-bond donors (Lipinski definition) is 1. The van der Waals surface area contributed by atoms with Crippen LogP contribution in [0.2, 0.25) is 0 Å². The van der Waals surface area contributed by atoms with Crippen molar-refractivity contribution in [2.75, 3.05) is 64.8 Å². The number of benzene rings is 3. The number of imide groups is 3. The van der Waals surface area contributed by atoms with E-state index < -0.39 is 64.5 Å². The summed E-state index contributed by atoms with van der Waals surface area (Å²) in [6.45, 7) is 3.20. The van der Waals surface area contributed by atoms with E-state index >= 15 is 0 Å². The Morgan fingerprint density at radius 2 is 1.46 bits per heavy atom. The number of anilines is 1. The van der Waals surface area contributed by atoms with Gasteiger partial charge in [0.25, 0.3) is 17.7 Å². The molecular formula is C40H38F3N5O11. The molecule has 0 spiro atoms. The molecule has 2 atom stereocenters. The Balaban J connectivity index is 0.861. The number of rotatable bonds is 17. The fourth-order valence-electron chi connectivity index (χ4n) is 6.79. The predicted molar refractivity (Wildman–Crippen MR) is 197 cm³/mol. The van der Waals surface area contributed by atoms with Gasteiger partial charge in [-0.2, -0.15) is 18.4 Å². The van der Waals surface area contributed by atoms with Crippen LogP contribution in [-0.2, 0) is 40.3 Å². The van der Waals surface area contributed by atoms with Crippen LogP contribution in [0, 0.1) is 11.3 Å². The Hall–Kier alpha value is -6.36. The number of halogens is 3. The Bertz CT molecular complexity index is 2190. The van der Waals surface area contributed by atoms with E-state index in [1.807, 2.05) is 0 Å². The van der Waals surface area contributed by atoms with E-state index in [0.29, 0.717) is 22.3 Å². The van der Waals surface area contributed by atoms with Crippen LogP contribution >= 0.6 is 0 Å². The van der Waals surface area contributed by atoms with Gasteiger partial charge in [0.05, 0.1) is 73.7 Å². The van der Waals surface area contributed by atoms with Crippen molar-refractivity contribution in [3.8, 4) is 17.6 Å². The number of nitrogens with one attached hydrogen (secondary N) is 1. The lowest BCUT2D eigenvalue weighted by Crippen LogP contribution is -2.54. The van der Waals surface area contributed by atoms with Crippen molar-refractivity contribution in [3.63, 3.8) is 0 Å². The average molecular weight is 822 g/mol. The first-order valence-electron chi connectivity index (χ1n) is 18.4. The zero-order valence-corrected chi connectivity index (χ0v) is 31.8. The molecule has 3 aliphatic heterocycles. The van der Waals surface area contributed by atoms with E-state index in [1.54, 1.807) is 36.4 Å². The van der Waals surface area contributed by atoms with Crippen LogP contribution in [0.5, 0.6) is 11.5 Å². The highest BCUT2D eigenvalue weighted by Crippen LogP contribution is 2.41. The molecule has 2 unspecified atom stereocenters. The summed E-state index contributed by atoms with van der Waals surface area (Å²) in [6, 6.07) is 13.2. The van der Waals surface area contributed by atoms with E-state index in [2.05, 4.69) is 5.32 Å². The molecule has 6 rings (SSSR count). The largest absolute Gasteiger partial charge is 0.491 e. The molecule has 0 saturated carbocycles. The third kappa shape index (κ3) is 8.60. The zero-order valence-electron chi connectivity index (χ0n) is 31.8. The summed E-state index contributed by atoms with van der Waals surface area (Å²) in [5.74, 6) is -2.58. The maximum absolute atomic E-state index is 13.6. The number of nitrogens with zero attached hydrogens (tertiary/aromatic N) is 4. The molecule has 310 valence electrons. The van der Waals surface area contributed by atoms with Crippen molar-refractivity contribution in [2.45, 2.75) is 37.5 Å². The predicted octanol–water partition coefficient (Wildman–Crippen LogP) is 3.80. The molecule has 19 heteroatoms. The standard InChI is InChI=1S/C40H38F3N5O11/c1-39(37(53)47(38(54)46(39)2)26-9-6-24(23-44)29(22-26)40(41,42)43)25-7-10-27(11-8-25)58-20-18-56-16-14-55-15-17-57-19-21-59-31-5-3-4-28-33(31)36(52)48(35(28)51)30-12-13-32(49)45-34(30)50/h3-11,22,30H,12-21H2,1-2H3,(H,45,49,50). The number of piperidine rings is 1. The van der Waals surface area contributed by atoms with E-state index in [1.165, 1.54) is 26.1 Å². The first-order chi connectivity index (χ1) is 28.2. The Kier molecular flexibility index (Phi) is 12.6. The number of carbonyl (C=O) groups excluding carboxylic acids is 6. The molecule has 7 amide bonds. The monoisotopic (exact) mass is 821 g/mol. The highest BCUT2D eigenvalue weighted by molar-refractivity contribution is 6.25. The Morgan fingerprint density at radius 1 is 0.831 bits per heavy atom. The SMILES string of the molecule is CN1C(=O)N(c2ccc(C#N)c(C(F)(F)F)c2)C(=O)C1(C)c1ccc(OCCOCCOCCOCCOc2cccc3c2C(=O)N(C2CCC(=O)NC2=O)C3=O)cc1. The number of likely N-dealkylation sites (N-methyl/N-ethyl adjacent to an activating group) is 1. The van der Waals surface area contributed by atoms with Crippen LogP contribution in [-0.4, -0.2) is 111 Å². The molecule has 0 radical (unpaired) electrons.